The number of anilines is 1. The standard InChI is InChI=1S/C21H23F3N2O2/c1-26-9-7-17(8-10-26)25-18-12-15(11-16(14-18)21(22,23)24)13-20(27)28-19-5-3-2-4-6-19/h2-6,11-12,14,17,25H,7-10,13H2,1H3. The lowest BCUT2D eigenvalue weighted by Gasteiger charge is -2.30. The fourth-order valence-corrected chi connectivity index (χ4v) is 3.25. The van der Waals surface area contributed by atoms with Crippen molar-refractivity contribution in [3.8, 4) is 5.75 Å². The van der Waals surface area contributed by atoms with Crippen LogP contribution >= 0.6 is 0 Å². The molecule has 0 atom stereocenters. The van der Waals surface area contributed by atoms with Crippen molar-refractivity contribution in [1.29, 1.82) is 0 Å². The van der Waals surface area contributed by atoms with Crippen LogP contribution in [0.2, 0.25) is 0 Å². The Morgan fingerprint density at radius 2 is 1.82 bits per heavy atom. The van der Waals surface area contributed by atoms with E-state index in [1.165, 1.54) is 0 Å². The number of ether oxygens (including phenoxy) is 1. The predicted molar refractivity (Wildman–Crippen MR) is 101 cm³/mol. The van der Waals surface area contributed by atoms with Gasteiger partial charge in [-0.1, -0.05) is 18.2 Å². The van der Waals surface area contributed by atoms with E-state index in [9.17, 15) is 18.0 Å². The van der Waals surface area contributed by atoms with E-state index in [2.05, 4.69) is 10.2 Å². The summed E-state index contributed by atoms with van der Waals surface area (Å²) in [6.45, 7) is 1.79. The number of carbonyl (C=O) groups is 1. The van der Waals surface area contributed by atoms with Gasteiger partial charge in [-0.25, -0.2) is 0 Å². The van der Waals surface area contributed by atoms with E-state index < -0.39 is 17.7 Å². The molecule has 2 aromatic carbocycles. The molecule has 0 amide bonds. The van der Waals surface area contributed by atoms with E-state index >= 15 is 0 Å². The largest absolute Gasteiger partial charge is 0.426 e. The number of likely N-dealkylation sites (tertiary alicyclic amines) is 1. The number of rotatable bonds is 5. The van der Waals surface area contributed by atoms with Gasteiger partial charge >= 0.3 is 12.1 Å². The summed E-state index contributed by atoms with van der Waals surface area (Å²) in [5.41, 5.74) is -0.119. The van der Waals surface area contributed by atoms with Crippen LogP contribution in [0.4, 0.5) is 18.9 Å². The number of halogens is 3. The van der Waals surface area contributed by atoms with Crippen LogP contribution in [0.15, 0.2) is 48.5 Å². The van der Waals surface area contributed by atoms with Gasteiger partial charge in [0, 0.05) is 11.7 Å². The average Bonchev–Trinajstić information content (AvgIpc) is 2.63. The second-order valence-electron chi connectivity index (χ2n) is 7.10. The lowest BCUT2D eigenvalue weighted by molar-refractivity contribution is -0.138. The van der Waals surface area contributed by atoms with E-state index in [0.717, 1.165) is 38.1 Å². The highest BCUT2D eigenvalue weighted by molar-refractivity contribution is 5.75. The molecule has 4 nitrogen and oxygen atoms in total. The summed E-state index contributed by atoms with van der Waals surface area (Å²) in [5, 5.41) is 3.20. The molecule has 1 heterocycles. The third-order valence-corrected chi connectivity index (χ3v) is 4.73. The maximum atomic E-state index is 13.3. The van der Waals surface area contributed by atoms with E-state index in [1.54, 1.807) is 36.4 Å². The predicted octanol–water partition coefficient (Wildman–Crippen LogP) is 4.36. The molecule has 0 bridgehead atoms. The molecule has 0 spiro atoms. The van der Waals surface area contributed by atoms with Crippen molar-refractivity contribution in [2.75, 3.05) is 25.5 Å². The highest BCUT2D eigenvalue weighted by Crippen LogP contribution is 2.33. The topological polar surface area (TPSA) is 41.6 Å². The Morgan fingerprint density at radius 3 is 2.46 bits per heavy atom. The van der Waals surface area contributed by atoms with Crippen molar-refractivity contribution < 1.29 is 22.7 Å². The fraction of sp³-hybridized carbons (Fsp3) is 0.381. The lowest BCUT2D eigenvalue weighted by Crippen LogP contribution is -2.36. The molecular formula is C21H23F3N2O2. The maximum Gasteiger partial charge on any atom is 0.416 e. The Labute approximate surface area is 162 Å². The number of piperidine rings is 1. The van der Waals surface area contributed by atoms with Crippen molar-refractivity contribution >= 4 is 11.7 Å². The average molecular weight is 392 g/mol. The van der Waals surface area contributed by atoms with Crippen molar-refractivity contribution in [1.82, 2.24) is 4.90 Å². The zero-order chi connectivity index (χ0) is 20.1. The maximum absolute atomic E-state index is 13.3. The quantitative estimate of drug-likeness (QED) is 0.607. The summed E-state index contributed by atoms with van der Waals surface area (Å²) >= 11 is 0. The molecule has 28 heavy (non-hydrogen) atoms. The summed E-state index contributed by atoms with van der Waals surface area (Å²) < 4.78 is 45.1. The normalized spacial score (nSPS) is 16.0. The highest BCUT2D eigenvalue weighted by Gasteiger charge is 2.31. The molecule has 0 unspecified atom stereocenters. The first-order chi connectivity index (χ1) is 13.3. The highest BCUT2D eigenvalue weighted by atomic mass is 19.4. The second kappa shape index (κ2) is 8.65. The third-order valence-electron chi connectivity index (χ3n) is 4.73. The van der Waals surface area contributed by atoms with Gasteiger partial charge in [-0.15, -0.1) is 0 Å². The molecule has 1 N–H and O–H groups in total. The van der Waals surface area contributed by atoms with Crippen LogP contribution in [-0.2, 0) is 17.4 Å². The van der Waals surface area contributed by atoms with Crippen molar-refractivity contribution in [3.05, 3.63) is 59.7 Å². The number of para-hydroxylation sites is 1. The lowest BCUT2D eigenvalue weighted by atomic mass is 10.0. The summed E-state index contributed by atoms with van der Waals surface area (Å²) in [4.78, 5) is 14.3. The molecule has 0 radical (unpaired) electrons. The molecule has 0 aliphatic carbocycles. The summed E-state index contributed by atoms with van der Waals surface area (Å²) in [6, 6.07) is 12.3. The molecule has 0 saturated carbocycles. The van der Waals surface area contributed by atoms with Crippen LogP contribution in [0.1, 0.15) is 24.0 Å². The van der Waals surface area contributed by atoms with Gasteiger partial charge in [0.25, 0.3) is 0 Å². The van der Waals surface area contributed by atoms with Gasteiger partial charge in [0.2, 0.25) is 0 Å². The molecule has 7 heteroatoms. The molecule has 1 aliphatic rings. The minimum atomic E-state index is -4.48. The van der Waals surface area contributed by atoms with Gasteiger partial charge in [-0.2, -0.15) is 13.2 Å². The summed E-state index contributed by atoms with van der Waals surface area (Å²) in [7, 11) is 2.02. The van der Waals surface area contributed by atoms with Crippen LogP contribution in [0.5, 0.6) is 5.75 Å². The van der Waals surface area contributed by atoms with Gasteiger partial charge in [0.1, 0.15) is 5.75 Å². The fourth-order valence-electron chi connectivity index (χ4n) is 3.25. The molecular weight excluding hydrogens is 369 g/mol. The van der Waals surface area contributed by atoms with Crippen LogP contribution in [0, 0.1) is 0 Å². The SMILES string of the molecule is CN1CCC(Nc2cc(CC(=O)Oc3ccccc3)cc(C(F)(F)F)c2)CC1. The smallest absolute Gasteiger partial charge is 0.416 e. The van der Waals surface area contributed by atoms with Crippen molar-refractivity contribution in [2.24, 2.45) is 0 Å². The molecule has 3 rings (SSSR count). The molecule has 1 fully saturated rings. The number of carbonyl (C=O) groups excluding carboxylic acids is 1. The van der Waals surface area contributed by atoms with E-state index in [0.29, 0.717) is 11.4 Å². The van der Waals surface area contributed by atoms with Crippen molar-refractivity contribution in [3.63, 3.8) is 0 Å². The number of nitrogens with zero attached hydrogens (tertiary/aromatic N) is 1. The molecule has 150 valence electrons. The Morgan fingerprint density at radius 1 is 1.14 bits per heavy atom. The number of hydrogen-bond acceptors (Lipinski definition) is 4. The van der Waals surface area contributed by atoms with E-state index in [-0.39, 0.29) is 18.0 Å². The van der Waals surface area contributed by atoms with Crippen LogP contribution in [-0.4, -0.2) is 37.0 Å². The van der Waals surface area contributed by atoms with Crippen molar-refractivity contribution in [2.45, 2.75) is 31.5 Å². The Hall–Kier alpha value is -2.54. The third kappa shape index (κ3) is 5.73. The molecule has 2 aromatic rings. The minimum Gasteiger partial charge on any atom is -0.426 e. The first kappa shape index (κ1) is 20.2. The Balaban J connectivity index is 1.74. The first-order valence-electron chi connectivity index (χ1n) is 9.21. The van der Waals surface area contributed by atoms with Gasteiger partial charge in [0.15, 0.2) is 0 Å². The van der Waals surface area contributed by atoms with Crippen LogP contribution in [0.25, 0.3) is 0 Å². The molecule has 1 saturated heterocycles. The van der Waals surface area contributed by atoms with E-state index in [4.69, 9.17) is 4.74 Å². The zero-order valence-corrected chi connectivity index (χ0v) is 15.6. The van der Waals surface area contributed by atoms with Gasteiger partial charge in [-0.3, -0.25) is 4.79 Å². The molecule has 1 aliphatic heterocycles. The number of hydrogen-bond donors (Lipinski definition) is 1. The number of nitrogens with one attached hydrogen (secondary N) is 1. The summed E-state index contributed by atoms with van der Waals surface area (Å²) in [6.07, 6.45) is -3.00. The summed E-state index contributed by atoms with van der Waals surface area (Å²) in [5.74, 6) is -0.236. The number of alkyl halides is 3. The van der Waals surface area contributed by atoms with Crippen LogP contribution < -0.4 is 10.1 Å². The van der Waals surface area contributed by atoms with Gasteiger partial charge in [0.05, 0.1) is 12.0 Å². The van der Waals surface area contributed by atoms with Gasteiger partial charge in [-0.05, 0) is 68.9 Å². The second-order valence-corrected chi connectivity index (χ2v) is 7.10. The van der Waals surface area contributed by atoms with Crippen LogP contribution in [0.3, 0.4) is 0 Å². The number of esters is 1. The monoisotopic (exact) mass is 392 g/mol. The van der Waals surface area contributed by atoms with E-state index in [1.807, 2.05) is 7.05 Å². The molecule has 0 aromatic heterocycles. The Kier molecular flexibility index (Phi) is 6.24. The van der Waals surface area contributed by atoms with Gasteiger partial charge < -0.3 is 15.0 Å². The minimum absolute atomic E-state index is 0.115. The first-order valence-corrected chi connectivity index (χ1v) is 9.21. The number of benzene rings is 2. The Bertz CT molecular complexity index is 801. The zero-order valence-electron chi connectivity index (χ0n) is 15.6.